The van der Waals surface area contributed by atoms with E-state index < -0.39 is 16.1 Å². The minimum absolute atomic E-state index is 0.0774. The highest BCUT2D eigenvalue weighted by atomic mass is 32.2. The Hall–Kier alpha value is -2.44. The van der Waals surface area contributed by atoms with E-state index in [1.54, 1.807) is 37.5 Å². The summed E-state index contributed by atoms with van der Waals surface area (Å²) in [5.74, 6) is 6.35. The third-order valence-corrected chi connectivity index (χ3v) is 7.80. The van der Waals surface area contributed by atoms with Gasteiger partial charge < -0.3 is 14.7 Å². The summed E-state index contributed by atoms with van der Waals surface area (Å²) in [7, 11) is -1.81. The predicted octanol–water partition coefficient (Wildman–Crippen LogP) is 2.59. The average molecular weight is 472 g/mol. The third-order valence-electron chi connectivity index (χ3n) is 5.78. The number of nitrogens with zero attached hydrogens (tertiary/aromatic N) is 3. The molecule has 1 aliphatic heterocycles. The van der Waals surface area contributed by atoms with E-state index in [9.17, 15) is 13.5 Å². The lowest BCUT2D eigenvalue weighted by atomic mass is 10.0. The van der Waals surface area contributed by atoms with Crippen LogP contribution in [0.15, 0.2) is 47.6 Å². The van der Waals surface area contributed by atoms with Gasteiger partial charge in [0.1, 0.15) is 16.7 Å². The van der Waals surface area contributed by atoms with Crippen molar-refractivity contribution in [2.24, 2.45) is 5.92 Å². The summed E-state index contributed by atoms with van der Waals surface area (Å²) in [6.07, 6.45) is 4.16. The second-order valence-corrected chi connectivity index (χ2v) is 10.5. The fraction of sp³-hybridized carbons (Fsp3) is 0.480. The number of hydrogen-bond acceptors (Lipinski definition) is 6. The van der Waals surface area contributed by atoms with Gasteiger partial charge in [-0.05, 0) is 57.3 Å². The van der Waals surface area contributed by atoms with Gasteiger partial charge in [0.2, 0.25) is 10.0 Å². The number of aromatic nitrogens is 1. The van der Waals surface area contributed by atoms with Gasteiger partial charge in [-0.3, -0.25) is 4.98 Å². The smallest absolute Gasteiger partial charge is 0.247 e. The van der Waals surface area contributed by atoms with Crippen molar-refractivity contribution in [3.05, 3.63) is 53.9 Å². The maximum absolute atomic E-state index is 13.5. The van der Waals surface area contributed by atoms with Gasteiger partial charge in [0.25, 0.3) is 0 Å². The van der Waals surface area contributed by atoms with Crippen LogP contribution in [0.5, 0.6) is 5.75 Å². The van der Waals surface area contributed by atoms with E-state index in [0.717, 1.165) is 18.5 Å². The van der Waals surface area contributed by atoms with E-state index in [4.69, 9.17) is 4.74 Å². The van der Waals surface area contributed by atoms with E-state index in [1.165, 1.54) is 4.31 Å². The van der Waals surface area contributed by atoms with Crippen LogP contribution in [0.3, 0.4) is 0 Å². The van der Waals surface area contributed by atoms with Crippen molar-refractivity contribution in [2.75, 3.05) is 33.3 Å². The first-order valence-corrected chi connectivity index (χ1v) is 12.7. The number of aliphatic hydroxyl groups is 1. The summed E-state index contributed by atoms with van der Waals surface area (Å²) in [4.78, 5) is 6.36. The minimum Gasteiger partial charge on any atom is -0.487 e. The van der Waals surface area contributed by atoms with Crippen LogP contribution >= 0.6 is 0 Å². The first kappa shape index (κ1) is 25.2. The number of pyridine rings is 1. The number of rotatable bonds is 6. The molecular weight excluding hydrogens is 438 g/mol. The normalized spacial score (nSPS) is 21.2. The van der Waals surface area contributed by atoms with Crippen molar-refractivity contribution in [2.45, 2.75) is 44.2 Å². The van der Waals surface area contributed by atoms with Crippen LogP contribution in [0.25, 0.3) is 0 Å². The van der Waals surface area contributed by atoms with Gasteiger partial charge in [-0.2, -0.15) is 4.31 Å². The summed E-state index contributed by atoms with van der Waals surface area (Å²) in [6, 6.07) is 8.08. The lowest BCUT2D eigenvalue weighted by molar-refractivity contribution is 0.0752. The number of aliphatic hydroxyl groups excluding tert-OH is 1. The van der Waals surface area contributed by atoms with Crippen molar-refractivity contribution in [3.63, 3.8) is 0 Å². The summed E-state index contributed by atoms with van der Waals surface area (Å²) < 4.78 is 34.8. The largest absolute Gasteiger partial charge is 0.487 e. The van der Waals surface area contributed by atoms with Gasteiger partial charge in [0.15, 0.2) is 0 Å². The Kier molecular flexibility index (Phi) is 8.49. The molecule has 33 heavy (non-hydrogen) atoms. The van der Waals surface area contributed by atoms with Gasteiger partial charge in [-0.25, -0.2) is 8.42 Å². The van der Waals surface area contributed by atoms with Crippen molar-refractivity contribution in [3.8, 4) is 17.6 Å². The average Bonchev–Trinajstić information content (AvgIpc) is 2.80. The van der Waals surface area contributed by atoms with Crippen LogP contribution in [0.2, 0.25) is 0 Å². The van der Waals surface area contributed by atoms with E-state index in [2.05, 4.69) is 28.6 Å². The number of sulfonamides is 1. The summed E-state index contributed by atoms with van der Waals surface area (Å²) in [5.41, 5.74) is 1.43. The van der Waals surface area contributed by atoms with Crippen molar-refractivity contribution in [1.29, 1.82) is 0 Å². The maximum atomic E-state index is 13.5. The second kappa shape index (κ2) is 11.1. The molecule has 0 spiro atoms. The molecule has 178 valence electrons. The minimum atomic E-state index is -3.86. The van der Waals surface area contributed by atoms with Crippen molar-refractivity contribution in [1.82, 2.24) is 14.2 Å². The summed E-state index contributed by atoms with van der Waals surface area (Å²) in [6.45, 7) is 7.45. The molecule has 3 atom stereocenters. The number of likely N-dealkylation sites (N-methyl/N-ethyl adjacent to an activating group) is 1. The third kappa shape index (κ3) is 6.12. The highest BCUT2D eigenvalue weighted by molar-refractivity contribution is 7.89. The van der Waals surface area contributed by atoms with Crippen molar-refractivity contribution >= 4 is 10.0 Å². The number of benzene rings is 1. The Morgan fingerprint density at radius 2 is 2.06 bits per heavy atom. The SMILES string of the molecule is CCCN(C)C[C@H]1Oc2cc(C#Cc3cccnc3)ccc2S(=O)(=O)N([C@@H](C)CO)C[C@H]1C. The lowest BCUT2D eigenvalue weighted by Crippen LogP contribution is -2.49. The Morgan fingerprint density at radius 3 is 2.73 bits per heavy atom. The fourth-order valence-electron chi connectivity index (χ4n) is 3.88. The lowest BCUT2D eigenvalue weighted by Gasteiger charge is -2.37. The maximum Gasteiger partial charge on any atom is 0.247 e. The van der Waals surface area contributed by atoms with Gasteiger partial charge in [0, 0.05) is 48.6 Å². The van der Waals surface area contributed by atoms with Gasteiger partial charge >= 0.3 is 0 Å². The summed E-state index contributed by atoms with van der Waals surface area (Å²) in [5, 5.41) is 9.75. The molecule has 2 heterocycles. The van der Waals surface area contributed by atoms with Crippen molar-refractivity contribution < 1.29 is 18.3 Å². The molecule has 1 aromatic carbocycles. The number of ether oxygens (including phenoxy) is 1. The van der Waals surface area contributed by atoms with Gasteiger partial charge in [-0.1, -0.05) is 25.7 Å². The molecule has 0 radical (unpaired) electrons. The van der Waals surface area contributed by atoms with Crippen LogP contribution in [-0.4, -0.2) is 73.1 Å². The molecule has 1 aliphatic rings. The fourth-order valence-corrected chi connectivity index (χ4v) is 5.71. The molecule has 0 aliphatic carbocycles. The molecule has 0 saturated carbocycles. The zero-order valence-corrected chi connectivity index (χ0v) is 20.5. The molecule has 0 fully saturated rings. The number of fused-ring (bicyclic) bond motifs is 1. The zero-order chi connectivity index (χ0) is 24.0. The second-order valence-electron chi connectivity index (χ2n) is 8.66. The highest BCUT2D eigenvalue weighted by Gasteiger charge is 2.38. The topological polar surface area (TPSA) is 83.0 Å². The summed E-state index contributed by atoms with van der Waals surface area (Å²) >= 11 is 0. The van der Waals surface area contributed by atoms with Gasteiger partial charge in [-0.15, -0.1) is 0 Å². The Morgan fingerprint density at radius 1 is 1.30 bits per heavy atom. The molecule has 8 heteroatoms. The molecule has 7 nitrogen and oxygen atoms in total. The monoisotopic (exact) mass is 471 g/mol. The first-order valence-electron chi connectivity index (χ1n) is 11.3. The van der Waals surface area contributed by atoms with Crippen LogP contribution in [-0.2, 0) is 10.0 Å². The molecule has 0 bridgehead atoms. The van der Waals surface area contributed by atoms with Crippen LogP contribution in [0, 0.1) is 17.8 Å². The van der Waals surface area contributed by atoms with E-state index in [0.29, 0.717) is 17.9 Å². The Labute approximate surface area is 197 Å². The molecule has 0 saturated heterocycles. The van der Waals surface area contributed by atoms with Gasteiger partial charge in [0.05, 0.1) is 6.61 Å². The van der Waals surface area contributed by atoms with Crippen LogP contribution in [0.1, 0.15) is 38.3 Å². The highest BCUT2D eigenvalue weighted by Crippen LogP contribution is 2.34. The van der Waals surface area contributed by atoms with Crippen LogP contribution < -0.4 is 4.74 Å². The quantitative estimate of drug-likeness (QED) is 0.652. The molecule has 0 unspecified atom stereocenters. The zero-order valence-electron chi connectivity index (χ0n) is 19.7. The van der Waals surface area contributed by atoms with E-state index in [1.807, 2.05) is 26.1 Å². The van der Waals surface area contributed by atoms with Crippen LogP contribution in [0.4, 0.5) is 0 Å². The first-order chi connectivity index (χ1) is 15.8. The Balaban J connectivity index is 2.05. The van der Waals surface area contributed by atoms with E-state index >= 15 is 0 Å². The molecule has 2 aromatic rings. The molecule has 0 amide bonds. The molecular formula is C25H33N3O4S. The number of hydrogen-bond donors (Lipinski definition) is 1. The standard InChI is InChI=1S/C25H33N3O4S/c1-5-13-27(4)17-24-19(2)16-28(20(3)18-29)33(30,31)25-11-10-21(14-23(25)32-24)8-9-22-7-6-12-26-15-22/h6-7,10-12,14-15,19-20,24,29H,5,13,16-18H2,1-4H3/t19-,20+,24-/m1/s1. The molecule has 1 N–H and O–H groups in total. The molecule has 1 aromatic heterocycles. The molecule has 3 rings (SSSR count). The Bertz CT molecular complexity index is 1100. The predicted molar refractivity (Wildman–Crippen MR) is 128 cm³/mol. The van der Waals surface area contributed by atoms with E-state index in [-0.39, 0.29) is 30.1 Å².